The van der Waals surface area contributed by atoms with Gasteiger partial charge in [-0.15, -0.1) is 0 Å². The second-order valence-corrected chi connectivity index (χ2v) is 10.5. The third-order valence-electron chi connectivity index (χ3n) is 5.91. The van der Waals surface area contributed by atoms with Crippen molar-refractivity contribution in [1.82, 2.24) is 9.97 Å². The number of aromatic nitrogens is 2. The summed E-state index contributed by atoms with van der Waals surface area (Å²) in [4.78, 5) is 11.1. The Balaban J connectivity index is 1.59. The van der Waals surface area contributed by atoms with Crippen molar-refractivity contribution in [2.75, 3.05) is 17.7 Å². The summed E-state index contributed by atoms with van der Waals surface area (Å²) in [6.45, 7) is 3.99. The normalized spacial score (nSPS) is 21.5. The number of hydrogen-bond donors (Lipinski definition) is 1. The summed E-state index contributed by atoms with van der Waals surface area (Å²) in [5, 5.41) is 0. The molecule has 1 saturated carbocycles. The van der Waals surface area contributed by atoms with E-state index in [1.165, 1.54) is 12.1 Å². The van der Waals surface area contributed by atoms with Crippen LogP contribution in [0.3, 0.4) is 0 Å². The molecule has 1 heterocycles. The molecule has 162 valence electrons. The molecule has 1 N–H and O–H groups in total. The molecule has 1 aromatic heterocycles. The Hall–Kier alpha value is -2.28. The predicted octanol–water partition coefficient (Wildman–Crippen LogP) is 5.20. The zero-order chi connectivity index (χ0) is 21.7. The fourth-order valence-electron chi connectivity index (χ4n) is 4.28. The topological polar surface area (TPSA) is 69.9 Å². The van der Waals surface area contributed by atoms with Crippen LogP contribution in [0.4, 0.5) is 10.2 Å². The van der Waals surface area contributed by atoms with Crippen LogP contribution in [0, 0.1) is 23.4 Å². The van der Waals surface area contributed by atoms with Crippen LogP contribution >= 0.6 is 0 Å². The first kappa shape index (κ1) is 22.4. The van der Waals surface area contributed by atoms with E-state index in [4.69, 9.17) is 4.78 Å². The molecule has 7 heteroatoms. The molecule has 1 unspecified atom stereocenters. The number of aryl methyl sites for hydroxylation is 1. The van der Waals surface area contributed by atoms with Gasteiger partial charge in [-0.2, -0.15) is 0 Å². The molecule has 1 atom stereocenters. The molecule has 30 heavy (non-hydrogen) atoms. The highest BCUT2D eigenvalue weighted by Gasteiger charge is 2.28. The first-order valence-electron chi connectivity index (χ1n) is 10.4. The Morgan fingerprint density at radius 2 is 1.87 bits per heavy atom. The van der Waals surface area contributed by atoms with Crippen LogP contribution in [0.15, 0.2) is 36.7 Å². The summed E-state index contributed by atoms with van der Waals surface area (Å²) in [7, 11) is -0.637. The van der Waals surface area contributed by atoms with E-state index >= 15 is 0 Å². The first-order chi connectivity index (χ1) is 14.3. The largest absolute Gasteiger partial charge is 0.356 e. The van der Waals surface area contributed by atoms with E-state index < -0.39 is 9.73 Å². The van der Waals surface area contributed by atoms with Crippen molar-refractivity contribution >= 4 is 21.6 Å². The van der Waals surface area contributed by atoms with Gasteiger partial charge in [0, 0.05) is 34.1 Å². The van der Waals surface area contributed by atoms with Crippen molar-refractivity contribution in [2.45, 2.75) is 51.3 Å². The van der Waals surface area contributed by atoms with Gasteiger partial charge in [-0.25, -0.2) is 18.6 Å². The molecule has 0 spiro atoms. The predicted molar refractivity (Wildman–Crippen MR) is 121 cm³/mol. The summed E-state index contributed by atoms with van der Waals surface area (Å²) in [5.41, 5.74) is 2.78. The van der Waals surface area contributed by atoms with Crippen molar-refractivity contribution in [3.8, 4) is 0 Å². The highest BCUT2D eigenvalue weighted by atomic mass is 32.2. The van der Waals surface area contributed by atoms with E-state index in [9.17, 15) is 8.60 Å². The monoisotopic (exact) mass is 430 g/mol. The highest BCUT2D eigenvalue weighted by molar-refractivity contribution is 7.91. The Labute approximate surface area is 179 Å². The van der Waals surface area contributed by atoms with E-state index in [0.29, 0.717) is 17.7 Å². The summed E-state index contributed by atoms with van der Waals surface area (Å²) < 4.78 is 34.2. The lowest BCUT2D eigenvalue weighted by molar-refractivity contribution is 0.342. The van der Waals surface area contributed by atoms with Crippen LogP contribution in [-0.4, -0.2) is 33.0 Å². The Kier molecular flexibility index (Phi) is 7.23. The number of nitrogens with zero attached hydrogens (tertiary/aromatic N) is 3. The number of nitrogens with one attached hydrogen (secondary N) is 1. The van der Waals surface area contributed by atoms with E-state index in [0.717, 1.165) is 48.3 Å². The van der Waals surface area contributed by atoms with E-state index in [2.05, 4.69) is 28.0 Å². The van der Waals surface area contributed by atoms with Crippen LogP contribution in [-0.2, 0) is 15.5 Å². The lowest BCUT2D eigenvalue weighted by atomic mass is 9.86. The van der Waals surface area contributed by atoms with Crippen molar-refractivity contribution in [3.63, 3.8) is 0 Å². The molecule has 3 rings (SSSR count). The van der Waals surface area contributed by atoms with Crippen LogP contribution in [0.1, 0.15) is 49.4 Å². The zero-order valence-electron chi connectivity index (χ0n) is 18.0. The molecule has 0 bridgehead atoms. The summed E-state index contributed by atoms with van der Waals surface area (Å²) >= 11 is 0. The smallest absolute Gasteiger partial charge is 0.139 e. The van der Waals surface area contributed by atoms with Gasteiger partial charge in [-0.05, 0) is 63.1 Å². The molecule has 0 aliphatic heterocycles. The highest BCUT2D eigenvalue weighted by Crippen LogP contribution is 2.32. The molecule has 5 nitrogen and oxygen atoms in total. The van der Waals surface area contributed by atoms with Gasteiger partial charge in [0.05, 0.1) is 11.4 Å². The lowest BCUT2D eigenvalue weighted by Gasteiger charge is -2.36. The second kappa shape index (κ2) is 9.69. The van der Waals surface area contributed by atoms with Gasteiger partial charge < -0.3 is 4.90 Å². The van der Waals surface area contributed by atoms with Crippen LogP contribution in [0.25, 0.3) is 6.08 Å². The van der Waals surface area contributed by atoms with Gasteiger partial charge in [-0.3, -0.25) is 4.78 Å². The van der Waals surface area contributed by atoms with Gasteiger partial charge in [0.2, 0.25) is 0 Å². The van der Waals surface area contributed by atoms with Crippen LogP contribution < -0.4 is 4.90 Å². The standard InChI is InChI=1S/C23H31FN4OS/c1-4-5-22-17(2)26-16-27-23(22)28(3)21-12-8-19(9-13-21)15-30(25,29)14-18-6-10-20(24)11-7-18/h4-7,10-11,16,19,21,25H,8-9,12-15H2,1-3H3/b5-4-. The summed E-state index contributed by atoms with van der Waals surface area (Å²) in [6.07, 6.45) is 9.57. The van der Waals surface area contributed by atoms with Gasteiger partial charge in [0.1, 0.15) is 18.0 Å². The fraction of sp³-hybridized carbons (Fsp3) is 0.478. The molecule has 2 aromatic rings. The number of anilines is 1. The molecule has 1 aliphatic carbocycles. The van der Waals surface area contributed by atoms with Gasteiger partial charge in [-0.1, -0.05) is 24.3 Å². The van der Waals surface area contributed by atoms with E-state index in [1.807, 2.05) is 19.9 Å². The van der Waals surface area contributed by atoms with Crippen LogP contribution in [0.5, 0.6) is 0 Å². The fourth-order valence-corrected chi connectivity index (χ4v) is 6.22. The van der Waals surface area contributed by atoms with Gasteiger partial charge >= 0.3 is 0 Å². The number of benzene rings is 1. The minimum Gasteiger partial charge on any atom is -0.356 e. The maximum Gasteiger partial charge on any atom is 0.139 e. The zero-order valence-corrected chi connectivity index (χ0v) is 18.8. The average Bonchev–Trinajstić information content (AvgIpc) is 2.71. The number of rotatable bonds is 7. The Bertz CT molecular complexity index is 981. The first-order valence-corrected chi connectivity index (χ1v) is 12.3. The quantitative estimate of drug-likeness (QED) is 0.655. The minimum atomic E-state index is -2.72. The number of allylic oxidation sites excluding steroid dienone is 1. The third-order valence-corrected chi connectivity index (χ3v) is 7.72. The summed E-state index contributed by atoms with van der Waals surface area (Å²) in [5.74, 6) is 1.54. The van der Waals surface area contributed by atoms with Crippen molar-refractivity contribution in [3.05, 3.63) is 59.3 Å². The van der Waals surface area contributed by atoms with Crippen molar-refractivity contribution in [1.29, 1.82) is 4.78 Å². The molecule has 1 aromatic carbocycles. The maximum atomic E-state index is 13.1. The van der Waals surface area contributed by atoms with Crippen molar-refractivity contribution < 1.29 is 8.60 Å². The van der Waals surface area contributed by atoms with E-state index in [-0.39, 0.29) is 11.6 Å². The molecular weight excluding hydrogens is 399 g/mol. The Morgan fingerprint density at radius 3 is 2.50 bits per heavy atom. The second-order valence-electron chi connectivity index (χ2n) is 8.23. The number of hydrogen-bond acceptors (Lipinski definition) is 5. The third kappa shape index (κ3) is 5.65. The van der Waals surface area contributed by atoms with Crippen LogP contribution in [0.2, 0.25) is 0 Å². The molecular formula is C23H31FN4OS. The molecule has 0 radical (unpaired) electrons. The Morgan fingerprint density at radius 1 is 1.20 bits per heavy atom. The SMILES string of the molecule is C/C=C\c1c(C)ncnc1N(C)C1CCC(CS(=N)(=O)Cc2ccc(F)cc2)CC1. The number of halogens is 1. The summed E-state index contributed by atoms with van der Waals surface area (Å²) in [6, 6.07) is 6.35. The van der Waals surface area contributed by atoms with E-state index in [1.54, 1.807) is 18.5 Å². The van der Waals surface area contributed by atoms with Crippen molar-refractivity contribution in [2.24, 2.45) is 5.92 Å². The lowest BCUT2D eigenvalue weighted by Crippen LogP contribution is -2.37. The molecule has 0 amide bonds. The van der Waals surface area contributed by atoms with Gasteiger partial charge in [0.15, 0.2) is 0 Å². The van der Waals surface area contributed by atoms with Gasteiger partial charge in [0.25, 0.3) is 0 Å². The maximum absolute atomic E-state index is 13.1. The molecule has 1 aliphatic rings. The molecule has 0 saturated heterocycles. The molecule has 1 fully saturated rings. The average molecular weight is 431 g/mol. The minimum absolute atomic E-state index is 0.194.